The summed E-state index contributed by atoms with van der Waals surface area (Å²) >= 11 is 0. The van der Waals surface area contributed by atoms with Gasteiger partial charge in [0.15, 0.2) is 5.82 Å². The molecule has 21 heavy (non-hydrogen) atoms. The third-order valence-corrected chi connectivity index (χ3v) is 2.77. The molecule has 1 heterocycles. The number of aromatic nitrogens is 3. The van der Waals surface area contributed by atoms with Crippen LogP contribution in [0.5, 0.6) is 0 Å². The molecule has 2 aromatic rings. The highest BCUT2D eigenvalue weighted by molar-refractivity contribution is 5.95. The Kier molecular flexibility index (Phi) is 4.17. The molecule has 2 rings (SSSR count). The zero-order chi connectivity index (χ0) is 15.4. The van der Waals surface area contributed by atoms with Crippen molar-refractivity contribution in [2.45, 2.75) is 13.5 Å². The molecular weight excluding hydrogens is 272 g/mol. The molecule has 4 N–H and O–H groups in total. The number of nitrogens with two attached hydrogens (primary N) is 1. The van der Waals surface area contributed by atoms with Crippen LogP contribution in [0.3, 0.4) is 0 Å². The van der Waals surface area contributed by atoms with Crippen LogP contribution in [0.2, 0.25) is 0 Å². The molecule has 8 heteroatoms. The summed E-state index contributed by atoms with van der Waals surface area (Å²) in [4.78, 5) is 28.6. The number of H-pyrrole nitrogens is 1. The van der Waals surface area contributed by atoms with Gasteiger partial charge in [-0.3, -0.25) is 9.89 Å². The molecule has 0 radical (unpaired) electrons. The molecule has 8 nitrogen and oxygen atoms in total. The molecule has 0 atom stereocenters. The van der Waals surface area contributed by atoms with Crippen LogP contribution in [-0.2, 0) is 6.54 Å². The van der Waals surface area contributed by atoms with E-state index < -0.39 is 6.03 Å². The second-order valence-electron chi connectivity index (χ2n) is 4.56. The van der Waals surface area contributed by atoms with Crippen LogP contribution in [0.15, 0.2) is 24.3 Å². The third kappa shape index (κ3) is 3.78. The summed E-state index contributed by atoms with van der Waals surface area (Å²) in [5.74, 6) is 1.09. The largest absolute Gasteiger partial charge is 0.351 e. The Balaban J connectivity index is 2.03. The fourth-order valence-corrected chi connectivity index (χ4v) is 1.80. The summed E-state index contributed by atoms with van der Waals surface area (Å²) in [6, 6.07) is 5.82. The first-order chi connectivity index (χ1) is 9.95. The number of nitrogens with zero attached hydrogens (tertiary/aromatic N) is 3. The van der Waals surface area contributed by atoms with Crippen molar-refractivity contribution in [3.05, 3.63) is 41.5 Å². The average Bonchev–Trinajstić information content (AvgIpc) is 2.83. The monoisotopic (exact) mass is 288 g/mol. The van der Waals surface area contributed by atoms with Gasteiger partial charge in [-0.2, -0.15) is 5.10 Å². The van der Waals surface area contributed by atoms with E-state index in [-0.39, 0.29) is 5.91 Å². The smallest absolute Gasteiger partial charge is 0.316 e. The van der Waals surface area contributed by atoms with Crippen molar-refractivity contribution in [2.24, 2.45) is 5.73 Å². The Bertz CT molecular complexity index is 649. The average molecular weight is 288 g/mol. The van der Waals surface area contributed by atoms with E-state index in [2.05, 4.69) is 20.5 Å². The van der Waals surface area contributed by atoms with Gasteiger partial charge in [0.2, 0.25) is 0 Å². The number of amides is 3. The third-order valence-electron chi connectivity index (χ3n) is 2.77. The van der Waals surface area contributed by atoms with Crippen LogP contribution in [0.4, 0.5) is 10.5 Å². The van der Waals surface area contributed by atoms with E-state index in [1.54, 1.807) is 38.2 Å². The predicted molar refractivity (Wildman–Crippen MR) is 76.6 cm³/mol. The van der Waals surface area contributed by atoms with E-state index in [9.17, 15) is 9.59 Å². The van der Waals surface area contributed by atoms with Crippen LogP contribution >= 0.6 is 0 Å². The molecule has 0 aliphatic carbocycles. The van der Waals surface area contributed by atoms with Gasteiger partial charge in [0.05, 0.1) is 6.54 Å². The number of carbonyl (C=O) groups is 2. The van der Waals surface area contributed by atoms with Gasteiger partial charge in [-0.05, 0) is 31.2 Å². The molecule has 0 saturated heterocycles. The second-order valence-corrected chi connectivity index (χ2v) is 4.56. The van der Waals surface area contributed by atoms with Gasteiger partial charge >= 0.3 is 6.03 Å². The van der Waals surface area contributed by atoms with Crippen molar-refractivity contribution < 1.29 is 9.59 Å². The quantitative estimate of drug-likeness (QED) is 0.773. The van der Waals surface area contributed by atoms with Crippen LogP contribution in [0, 0.1) is 6.92 Å². The Hall–Kier alpha value is -2.90. The van der Waals surface area contributed by atoms with Crippen molar-refractivity contribution >= 4 is 17.6 Å². The maximum Gasteiger partial charge on any atom is 0.316 e. The number of rotatable bonds is 4. The molecule has 0 spiro atoms. The van der Waals surface area contributed by atoms with Gasteiger partial charge in [0.25, 0.3) is 5.91 Å². The Morgan fingerprint density at radius 2 is 2.00 bits per heavy atom. The lowest BCUT2D eigenvalue weighted by Gasteiger charge is -2.15. The SMILES string of the molecule is Cc1nc(CN(C)C(=O)c2ccc(NC(N)=O)cc2)n[nH]1. The van der Waals surface area contributed by atoms with E-state index in [1.165, 1.54) is 4.90 Å². The van der Waals surface area contributed by atoms with Gasteiger partial charge in [-0.15, -0.1) is 0 Å². The van der Waals surface area contributed by atoms with Crippen LogP contribution in [-0.4, -0.2) is 39.1 Å². The molecular formula is C13H16N6O2. The number of aryl methyl sites for hydroxylation is 1. The Morgan fingerprint density at radius 1 is 1.33 bits per heavy atom. The van der Waals surface area contributed by atoms with Gasteiger partial charge in [-0.1, -0.05) is 0 Å². The fourth-order valence-electron chi connectivity index (χ4n) is 1.80. The zero-order valence-corrected chi connectivity index (χ0v) is 11.8. The Morgan fingerprint density at radius 3 is 2.52 bits per heavy atom. The number of aromatic amines is 1. The van der Waals surface area contributed by atoms with Crippen LogP contribution < -0.4 is 11.1 Å². The lowest BCUT2D eigenvalue weighted by Crippen LogP contribution is -2.26. The zero-order valence-electron chi connectivity index (χ0n) is 11.8. The number of carbonyl (C=O) groups excluding carboxylic acids is 2. The molecule has 0 unspecified atom stereocenters. The minimum Gasteiger partial charge on any atom is -0.351 e. The lowest BCUT2D eigenvalue weighted by atomic mass is 10.2. The molecule has 0 aliphatic rings. The van der Waals surface area contributed by atoms with E-state index in [0.29, 0.717) is 29.4 Å². The molecule has 0 bridgehead atoms. The van der Waals surface area contributed by atoms with Gasteiger partial charge in [0, 0.05) is 18.3 Å². The first-order valence-electron chi connectivity index (χ1n) is 6.25. The van der Waals surface area contributed by atoms with E-state index in [0.717, 1.165) is 0 Å². The van der Waals surface area contributed by atoms with Crippen LogP contribution in [0.1, 0.15) is 22.0 Å². The molecule has 1 aromatic carbocycles. The van der Waals surface area contributed by atoms with Gasteiger partial charge in [-0.25, -0.2) is 9.78 Å². The number of hydrogen-bond acceptors (Lipinski definition) is 4. The van der Waals surface area contributed by atoms with Crippen molar-refractivity contribution in [2.75, 3.05) is 12.4 Å². The molecule has 110 valence electrons. The molecule has 0 aliphatic heterocycles. The fraction of sp³-hybridized carbons (Fsp3) is 0.231. The normalized spacial score (nSPS) is 10.2. The van der Waals surface area contributed by atoms with Crippen molar-refractivity contribution in [1.29, 1.82) is 0 Å². The highest BCUT2D eigenvalue weighted by atomic mass is 16.2. The predicted octanol–water partition coefficient (Wildman–Crippen LogP) is 0.876. The van der Waals surface area contributed by atoms with Gasteiger partial charge < -0.3 is 16.0 Å². The second kappa shape index (κ2) is 6.04. The summed E-state index contributed by atoms with van der Waals surface area (Å²) in [7, 11) is 1.67. The topological polar surface area (TPSA) is 117 Å². The standard InChI is InChI=1S/C13H16N6O2/c1-8-15-11(18-17-8)7-19(2)12(20)9-3-5-10(6-4-9)16-13(14)21/h3-6H,7H2,1-2H3,(H3,14,16,21)(H,15,17,18). The summed E-state index contributed by atoms with van der Waals surface area (Å²) in [6.07, 6.45) is 0. The first-order valence-corrected chi connectivity index (χ1v) is 6.25. The highest BCUT2D eigenvalue weighted by Crippen LogP contribution is 2.11. The number of urea groups is 1. The summed E-state index contributed by atoms with van der Waals surface area (Å²) in [6.45, 7) is 2.10. The molecule has 0 saturated carbocycles. The first kappa shape index (κ1) is 14.5. The van der Waals surface area contributed by atoms with E-state index in [1.807, 2.05) is 0 Å². The van der Waals surface area contributed by atoms with E-state index in [4.69, 9.17) is 5.73 Å². The number of nitrogens with one attached hydrogen (secondary N) is 2. The lowest BCUT2D eigenvalue weighted by molar-refractivity contribution is 0.0781. The van der Waals surface area contributed by atoms with Crippen molar-refractivity contribution in [3.8, 4) is 0 Å². The number of benzene rings is 1. The van der Waals surface area contributed by atoms with Gasteiger partial charge in [0.1, 0.15) is 5.82 Å². The van der Waals surface area contributed by atoms with Crippen molar-refractivity contribution in [1.82, 2.24) is 20.1 Å². The summed E-state index contributed by atoms with van der Waals surface area (Å²) < 4.78 is 0. The van der Waals surface area contributed by atoms with Crippen LogP contribution in [0.25, 0.3) is 0 Å². The number of anilines is 1. The molecule has 3 amide bonds. The number of hydrogen-bond donors (Lipinski definition) is 3. The summed E-state index contributed by atoms with van der Waals surface area (Å²) in [5.41, 5.74) is 6.05. The highest BCUT2D eigenvalue weighted by Gasteiger charge is 2.14. The van der Waals surface area contributed by atoms with E-state index >= 15 is 0 Å². The maximum absolute atomic E-state index is 12.2. The Labute approximate surface area is 121 Å². The maximum atomic E-state index is 12.2. The minimum absolute atomic E-state index is 0.164. The summed E-state index contributed by atoms with van der Waals surface area (Å²) in [5, 5.41) is 9.15. The van der Waals surface area contributed by atoms with Crippen molar-refractivity contribution in [3.63, 3.8) is 0 Å². The molecule has 0 fully saturated rings. The molecule has 1 aromatic heterocycles. The minimum atomic E-state index is -0.647. The number of primary amides is 1.